The Labute approximate surface area is 203 Å². The van der Waals surface area contributed by atoms with Crippen LogP contribution in [0.4, 0.5) is 0 Å². The predicted molar refractivity (Wildman–Crippen MR) is 136 cm³/mol. The lowest BCUT2D eigenvalue weighted by Crippen LogP contribution is -2.33. The molecule has 0 aromatic heterocycles. The number of unbranched alkanes of at least 4 members (excludes halogenated alkanes) is 4. The van der Waals surface area contributed by atoms with E-state index in [0.29, 0.717) is 0 Å². The van der Waals surface area contributed by atoms with Crippen molar-refractivity contribution >= 4 is 25.6 Å². The van der Waals surface area contributed by atoms with Gasteiger partial charge in [0.15, 0.2) is 0 Å². The van der Waals surface area contributed by atoms with Gasteiger partial charge in [-0.1, -0.05) is 68.4 Å². The average Bonchev–Trinajstić information content (AvgIpc) is 3.05. The number of carboxylic acid groups (broad SMARTS) is 1. The summed E-state index contributed by atoms with van der Waals surface area (Å²) in [5.74, 6) is -1.22. The average molecular weight is 498 g/mol. The van der Waals surface area contributed by atoms with Crippen LogP contribution >= 0.6 is 7.75 Å². The third-order valence-corrected chi connectivity index (χ3v) is 4.92. The lowest BCUT2D eigenvalue weighted by molar-refractivity contribution is -0.137. The molecule has 1 rings (SSSR count). The summed E-state index contributed by atoms with van der Waals surface area (Å²) in [7, 11) is -2.85. The number of carbonyl (C=O) groups is 2. The molecule has 0 aromatic carbocycles. The van der Waals surface area contributed by atoms with E-state index in [1.165, 1.54) is 37.6 Å². The van der Waals surface area contributed by atoms with Crippen molar-refractivity contribution in [1.82, 2.24) is 9.99 Å². The van der Waals surface area contributed by atoms with E-state index in [1.807, 2.05) is 5.09 Å². The molecule has 10 heteroatoms. The van der Waals surface area contributed by atoms with Crippen molar-refractivity contribution in [2.24, 2.45) is 4.99 Å². The van der Waals surface area contributed by atoms with Gasteiger partial charge in [-0.15, -0.1) is 0 Å². The van der Waals surface area contributed by atoms with Gasteiger partial charge in [0.1, 0.15) is 6.54 Å². The number of aliphatic carboxylic acids is 1. The highest BCUT2D eigenvalue weighted by atomic mass is 31.2. The molecule has 192 valence electrons. The highest BCUT2D eigenvalue weighted by Crippen LogP contribution is 2.28. The van der Waals surface area contributed by atoms with Gasteiger partial charge in [-0.2, -0.15) is 4.99 Å². The van der Waals surface area contributed by atoms with Crippen LogP contribution in [-0.2, 0) is 14.2 Å². The molecule has 0 spiro atoms. The summed E-state index contributed by atoms with van der Waals surface area (Å²) in [6.45, 7) is 2.28. The van der Waals surface area contributed by atoms with Crippen molar-refractivity contribution in [3.63, 3.8) is 0 Å². The van der Waals surface area contributed by atoms with E-state index in [4.69, 9.17) is 14.9 Å². The lowest BCUT2D eigenvalue weighted by atomic mass is 10.2. The normalized spacial score (nSPS) is 14.4. The Morgan fingerprint density at radius 3 is 1.88 bits per heavy atom. The lowest BCUT2D eigenvalue weighted by Gasteiger charge is -2.14. The molecular weight excluding hydrogens is 457 g/mol. The summed E-state index contributed by atoms with van der Waals surface area (Å²) in [4.78, 5) is 42.5. The second-order valence-corrected chi connectivity index (χ2v) is 9.03. The number of likely N-dealkylation sites (N-methyl/N-ethyl adjacent to an activating group) is 1. The minimum Gasteiger partial charge on any atom is -0.481 e. The van der Waals surface area contributed by atoms with Crippen LogP contribution in [0.15, 0.2) is 53.6 Å². The second kappa shape index (κ2) is 19.9. The quantitative estimate of drug-likeness (QED) is 0.145. The van der Waals surface area contributed by atoms with Gasteiger partial charge in [0, 0.05) is 13.5 Å². The van der Waals surface area contributed by atoms with Crippen molar-refractivity contribution in [2.45, 2.75) is 71.1 Å². The zero-order valence-electron chi connectivity index (χ0n) is 20.3. The Balaban J connectivity index is 0.000000757. The van der Waals surface area contributed by atoms with Gasteiger partial charge in [-0.25, -0.2) is 4.57 Å². The zero-order chi connectivity index (χ0) is 25.7. The molecule has 1 aliphatic heterocycles. The third-order valence-electron chi connectivity index (χ3n) is 4.43. The molecular formula is C24H40N3O6P. The number of allylic oxidation sites excluding steroid dienone is 8. The molecule has 1 heterocycles. The summed E-state index contributed by atoms with van der Waals surface area (Å²) in [5, 5.41) is 10.3. The van der Waals surface area contributed by atoms with Crippen molar-refractivity contribution in [1.29, 1.82) is 0 Å². The molecule has 0 unspecified atom stereocenters. The van der Waals surface area contributed by atoms with Crippen LogP contribution in [0.25, 0.3) is 0 Å². The number of amides is 1. The first kappa shape index (κ1) is 31.5. The number of carbonyl (C=O) groups excluding carboxylic acids is 1. The van der Waals surface area contributed by atoms with Gasteiger partial charge in [-0.3, -0.25) is 14.7 Å². The van der Waals surface area contributed by atoms with Crippen LogP contribution in [-0.4, -0.2) is 51.2 Å². The standard InChI is InChI=1S/C20H32O2.C4H8N3O4P/c1-2-3-4-5-6-7-8-9-10-11-12-13-14-15-16-17-18-19-20(21)22;1-7-2-3(8)5-4(7)6-12(9,10)11/h6-7,9-10,12-13,15-16H,2-5,8,11,14,17-19H2,1H3,(H,21,22);2H2,1H3,(H3,5,6,8,9,10,11)/b7-6-,10-9-,13-12-,16-15-;. The highest BCUT2D eigenvalue weighted by Gasteiger charge is 2.25. The molecule has 0 radical (unpaired) electrons. The monoisotopic (exact) mass is 497 g/mol. The van der Waals surface area contributed by atoms with Gasteiger partial charge in [-0.05, 0) is 44.9 Å². The van der Waals surface area contributed by atoms with Gasteiger partial charge >= 0.3 is 13.7 Å². The third kappa shape index (κ3) is 21.4. The Morgan fingerprint density at radius 2 is 1.47 bits per heavy atom. The van der Waals surface area contributed by atoms with E-state index in [9.17, 15) is 14.2 Å². The molecule has 0 fully saturated rings. The molecule has 1 aliphatic rings. The fraction of sp³-hybridized carbons (Fsp3) is 0.542. The molecule has 0 aliphatic carbocycles. The summed E-state index contributed by atoms with van der Waals surface area (Å²) in [6.07, 6.45) is 27.3. The number of nitrogens with zero attached hydrogens (tertiary/aromatic N) is 2. The Morgan fingerprint density at radius 1 is 0.971 bits per heavy atom. The second-order valence-electron chi connectivity index (χ2n) is 7.72. The fourth-order valence-electron chi connectivity index (χ4n) is 2.69. The topological polar surface area (TPSA) is 140 Å². The fourth-order valence-corrected chi connectivity index (χ4v) is 3.17. The van der Waals surface area contributed by atoms with Gasteiger partial charge in [0.25, 0.3) is 5.91 Å². The highest BCUT2D eigenvalue weighted by molar-refractivity contribution is 7.50. The number of guanidine groups is 1. The predicted octanol–water partition coefficient (Wildman–Crippen LogP) is 4.71. The summed E-state index contributed by atoms with van der Waals surface area (Å²) < 4.78 is 10.4. The maximum Gasteiger partial charge on any atom is 0.429 e. The summed E-state index contributed by atoms with van der Waals surface area (Å²) in [6, 6.07) is 0. The number of nitrogens with one attached hydrogen (secondary N) is 1. The van der Waals surface area contributed by atoms with Crippen LogP contribution in [0.5, 0.6) is 0 Å². The first-order valence-electron chi connectivity index (χ1n) is 11.6. The zero-order valence-corrected chi connectivity index (χ0v) is 21.2. The number of hydrogen-bond donors (Lipinski definition) is 4. The first-order valence-corrected chi connectivity index (χ1v) is 13.2. The SMILES string of the molecule is CCCCC/C=C\C/C=C\C/C=C\C/C=C\CCCC(=O)O.CN1CC(=O)N=C1NP(=O)(O)O. The van der Waals surface area contributed by atoms with Crippen molar-refractivity contribution < 1.29 is 29.0 Å². The molecule has 0 atom stereocenters. The van der Waals surface area contributed by atoms with Gasteiger partial charge in [0.2, 0.25) is 5.96 Å². The van der Waals surface area contributed by atoms with E-state index < -0.39 is 19.6 Å². The van der Waals surface area contributed by atoms with E-state index in [0.717, 1.165) is 32.1 Å². The Kier molecular flexibility index (Phi) is 18.5. The van der Waals surface area contributed by atoms with Crippen molar-refractivity contribution in [2.75, 3.05) is 13.6 Å². The van der Waals surface area contributed by atoms with Crippen molar-refractivity contribution in [3.8, 4) is 0 Å². The first-order chi connectivity index (χ1) is 16.2. The summed E-state index contributed by atoms with van der Waals surface area (Å²) >= 11 is 0. The number of carboxylic acids is 1. The maximum atomic E-state index is 10.6. The van der Waals surface area contributed by atoms with Crippen LogP contribution in [0.1, 0.15) is 71.1 Å². The van der Waals surface area contributed by atoms with Crippen LogP contribution < -0.4 is 5.09 Å². The van der Waals surface area contributed by atoms with Crippen LogP contribution in [0.3, 0.4) is 0 Å². The molecule has 0 saturated heterocycles. The molecule has 34 heavy (non-hydrogen) atoms. The minimum absolute atomic E-state index is 0.0440. The molecule has 9 nitrogen and oxygen atoms in total. The molecule has 0 aromatic rings. The number of rotatable bonds is 15. The number of hydrogen-bond acceptors (Lipinski definition) is 4. The molecule has 0 saturated carbocycles. The summed E-state index contributed by atoms with van der Waals surface area (Å²) in [5.41, 5.74) is 0. The van der Waals surface area contributed by atoms with Crippen LogP contribution in [0.2, 0.25) is 0 Å². The minimum atomic E-state index is -4.35. The maximum absolute atomic E-state index is 10.6. The van der Waals surface area contributed by atoms with E-state index >= 15 is 0 Å². The van der Waals surface area contributed by atoms with Gasteiger partial charge in [0.05, 0.1) is 0 Å². The molecule has 4 N–H and O–H groups in total. The van der Waals surface area contributed by atoms with E-state index in [1.54, 1.807) is 0 Å². The molecule has 1 amide bonds. The molecule has 0 bridgehead atoms. The largest absolute Gasteiger partial charge is 0.481 e. The van der Waals surface area contributed by atoms with Crippen LogP contribution in [0, 0.1) is 0 Å². The van der Waals surface area contributed by atoms with Crippen molar-refractivity contribution in [3.05, 3.63) is 48.6 Å². The Bertz CT molecular complexity index is 784. The van der Waals surface area contributed by atoms with E-state index in [-0.39, 0.29) is 18.9 Å². The number of aliphatic imine (C=N–C) groups is 1. The van der Waals surface area contributed by atoms with Gasteiger partial charge < -0.3 is 19.8 Å². The van der Waals surface area contributed by atoms with E-state index in [2.05, 4.69) is 60.5 Å². The Hall–Kier alpha value is -2.48. The smallest absolute Gasteiger partial charge is 0.429 e.